The van der Waals surface area contributed by atoms with E-state index in [0.29, 0.717) is 28.4 Å². The molecule has 0 aliphatic heterocycles. The molecule has 0 saturated carbocycles. The second kappa shape index (κ2) is 8.64. The molecule has 0 radical (unpaired) electrons. The molecule has 1 aromatic rings. The van der Waals surface area contributed by atoms with E-state index in [1.807, 2.05) is 0 Å². The zero-order valence-electron chi connectivity index (χ0n) is 11.3. The van der Waals surface area contributed by atoms with Crippen LogP contribution in [-0.2, 0) is 0 Å². The van der Waals surface area contributed by atoms with Crippen LogP contribution < -0.4 is 10.1 Å². The van der Waals surface area contributed by atoms with Gasteiger partial charge in [-0.25, -0.2) is 0 Å². The van der Waals surface area contributed by atoms with E-state index in [1.165, 1.54) is 0 Å². The molecule has 0 aliphatic rings. The number of hydrogen-bond acceptors (Lipinski definition) is 3. The second-order valence-electron chi connectivity index (χ2n) is 4.46. The normalized spacial score (nSPS) is 12.7. The minimum Gasteiger partial charge on any atom is -0.491 e. The van der Waals surface area contributed by atoms with Crippen LogP contribution in [0.3, 0.4) is 0 Å². The van der Waals surface area contributed by atoms with E-state index in [4.69, 9.17) is 27.9 Å². The Balaban J connectivity index is 2.33. The number of rotatable bonds is 8. The molecule has 0 aromatic heterocycles. The van der Waals surface area contributed by atoms with Gasteiger partial charge in [-0.3, -0.25) is 0 Å². The van der Waals surface area contributed by atoms with Crippen molar-refractivity contribution in [3.63, 3.8) is 0 Å². The van der Waals surface area contributed by atoms with E-state index in [2.05, 4.69) is 19.2 Å². The van der Waals surface area contributed by atoms with Gasteiger partial charge < -0.3 is 15.2 Å². The molecule has 1 unspecified atom stereocenters. The maximum atomic E-state index is 9.83. The predicted octanol–water partition coefficient (Wildman–Crippen LogP) is 3.51. The van der Waals surface area contributed by atoms with Gasteiger partial charge in [0.05, 0.1) is 10.0 Å². The molecule has 0 bridgehead atoms. The molecule has 0 heterocycles. The Morgan fingerprint density at radius 3 is 2.47 bits per heavy atom. The Hall–Kier alpha value is -0.480. The molecule has 1 atom stereocenters. The van der Waals surface area contributed by atoms with Crippen LogP contribution in [0, 0.1) is 0 Å². The van der Waals surface area contributed by atoms with Crippen LogP contribution in [0.4, 0.5) is 0 Å². The zero-order chi connectivity index (χ0) is 14.3. The average molecular weight is 306 g/mol. The molecule has 0 saturated heterocycles. The lowest BCUT2D eigenvalue weighted by Crippen LogP contribution is -2.37. The van der Waals surface area contributed by atoms with Crippen LogP contribution in [0.15, 0.2) is 18.2 Å². The fraction of sp³-hybridized carbons (Fsp3) is 0.571. The number of benzene rings is 1. The summed E-state index contributed by atoms with van der Waals surface area (Å²) in [6.45, 7) is 5.00. The van der Waals surface area contributed by atoms with Crippen molar-refractivity contribution in [1.29, 1.82) is 0 Å². The van der Waals surface area contributed by atoms with Gasteiger partial charge in [-0.15, -0.1) is 0 Å². The summed E-state index contributed by atoms with van der Waals surface area (Å²) in [4.78, 5) is 0. The summed E-state index contributed by atoms with van der Waals surface area (Å²) in [6.07, 6.45) is 1.56. The van der Waals surface area contributed by atoms with Gasteiger partial charge in [0.15, 0.2) is 0 Å². The van der Waals surface area contributed by atoms with Crippen molar-refractivity contribution in [1.82, 2.24) is 5.32 Å². The summed E-state index contributed by atoms with van der Waals surface area (Å²) in [5.41, 5.74) is 0. The average Bonchev–Trinajstić information content (AvgIpc) is 2.41. The number of nitrogens with one attached hydrogen (secondary N) is 1. The maximum absolute atomic E-state index is 9.83. The predicted molar refractivity (Wildman–Crippen MR) is 80.3 cm³/mol. The Bertz CT molecular complexity index is 384. The van der Waals surface area contributed by atoms with E-state index in [0.717, 1.165) is 12.8 Å². The van der Waals surface area contributed by atoms with Crippen molar-refractivity contribution in [3.8, 4) is 5.75 Å². The SMILES string of the molecule is CCC(CC)NCC(O)COc1ccc(Cl)c(Cl)c1. The van der Waals surface area contributed by atoms with Crippen molar-refractivity contribution in [2.24, 2.45) is 0 Å². The quantitative estimate of drug-likeness (QED) is 0.772. The van der Waals surface area contributed by atoms with Gasteiger partial charge in [0, 0.05) is 18.7 Å². The highest BCUT2D eigenvalue weighted by Gasteiger charge is 2.09. The molecule has 0 fully saturated rings. The molecule has 0 aliphatic carbocycles. The lowest BCUT2D eigenvalue weighted by atomic mass is 10.1. The third kappa shape index (κ3) is 6.00. The van der Waals surface area contributed by atoms with E-state index in [1.54, 1.807) is 18.2 Å². The Morgan fingerprint density at radius 1 is 1.21 bits per heavy atom. The fourth-order valence-electron chi connectivity index (χ4n) is 1.70. The minimum atomic E-state index is -0.546. The van der Waals surface area contributed by atoms with Crippen LogP contribution >= 0.6 is 23.2 Å². The standard InChI is InChI=1S/C14H21Cl2NO2/c1-3-10(4-2)17-8-11(18)9-19-12-5-6-13(15)14(16)7-12/h5-7,10-11,17-18H,3-4,8-9H2,1-2H3. The van der Waals surface area contributed by atoms with Crippen molar-refractivity contribution in [2.75, 3.05) is 13.2 Å². The van der Waals surface area contributed by atoms with Crippen LogP contribution in [0.25, 0.3) is 0 Å². The number of aliphatic hydroxyl groups is 1. The molecule has 19 heavy (non-hydrogen) atoms. The Morgan fingerprint density at radius 2 is 1.89 bits per heavy atom. The first-order valence-corrected chi connectivity index (χ1v) is 7.31. The molecular weight excluding hydrogens is 285 g/mol. The van der Waals surface area contributed by atoms with Crippen molar-refractivity contribution < 1.29 is 9.84 Å². The minimum absolute atomic E-state index is 0.227. The fourth-order valence-corrected chi connectivity index (χ4v) is 1.99. The molecule has 3 nitrogen and oxygen atoms in total. The van der Waals surface area contributed by atoms with E-state index in [9.17, 15) is 5.11 Å². The molecule has 1 aromatic carbocycles. The Kier molecular flexibility index (Phi) is 7.54. The van der Waals surface area contributed by atoms with Gasteiger partial charge in [-0.1, -0.05) is 37.0 Å². The van der Waals surface area contributed by atoms with Crippen LogP contribution in [0.5, 0.6) is 5.75 Å². The highest BCUT2D eigenvalue weighted by Crippen LogP contribution is 2.26. The largest absolute Gasteiger partial charge is 0.491 e. The first-order chi connectivity index (χ1) is 9.06. The highest BCUT2D eigenvalue weighted by molar-refractivity contribution is 6.42. The van der Waals surface area contributed by atoms with Crippen molar-refractivity contribution in [3.05, 3.63) is 28.2 Å². The third-order valence-electron chi connectivity index (χ3n) is 2.96. The first kappa shape index (κ1) is 16.6. The number of hydrogen-bond donors (Lipinski definition) is 2. The van der Waals surface area contributed by atoms with Gasteiger partial charge in [-0.2, -0.15) is 0 Å². The maximum Gasteiger partial charge on any atom is 0.121 e. The smallest absolute Gasteiger partial charge is 0.121 e. The third-order valence-corrected chi connectivity index (χ3v) is 3.70. The number of halogens is 2. The number of aliphatic hydroxyl groups excluding tert-OH is 1. The lowest BCUT2D eigenvalue weighted by molar-refractivity contribution is 0.103. The molecule has 108 valence electrons. The molecule has 5 heteroatoms. The van der Waals surface area contributed by atoms with Crippen LogP contribution in [-0.4, -0.2) is 30.4 Å². The lowest BCUT2D eigenvalue weighted by Gasteiger charge is -2.18. The molecular formula is C14H21Cl2NO2. The van der Waals surface area contributed by atoms with Crippen LogP contribution in [0.1, 0.15) is 26.7 Å². The summed E-state index contributed by atoms with van der Waals surface area (Å²) in [6, 6.07) is 5.49. The van der Waals surface area contributed by atoms with Gasteiger partial charge in [-0.05, 0) is 25.0 Å². The molecule has 0 amide bonds. The number of ether oxygens (including phenoxy) is 1. The van der Waals surface area contributed by atoms with Crippen molar-refractivity contribution in [2.45, 2.75) is 38.8 Å². The van der Waals surface area contributed by atoms with Gasteiger partial charge in [0.2, 0.25) is 0 Å². The molecule has 0 spiro atoms. The van der Waals surface area contributed by atoms with Gasteiger partial charge in [0.25, 0.3) is 0 Å². The molecule has 2 N–H and O–H groups in total. The highest BCUT2D eigenvalue weighted by atomic mass is 35.5. The summed E-state index contributed by atoms with van der Waals surface area (Å²) >= 11 is 11.7. The summed E-state index contributed by atoms with van der Waals surface area (Å²) in [5.74, 6) is 0.607. The summed E-state index contributed by atoms with van der Waals surface area (Å²) in [7, 11) is 0. The second-order valence-corrected chi connectivity index (χ2v) is 5.28. The monoisotopic (exact) mass is 305 g/mol. The van der Waals surface area contributed by atoms with Gasteiger partial charge >= 0.3 is 0 Å². The van der Waals surface area contributed by atoms with Crippen LogP contribution in [0.2, 0.25) is 10.0 Å². The summed E-state index contributed by atoms with van der Waals surface area (Å²) in [5, 5.41) is 14.1. The molecule has 1 rings (SSSR count). The van der Waals surface area contributed by atoms with E-state index < -0.39 is 6.10 Å². The van der Waals surface area contributed by atoms with E-state index in [-0.39, 0.29) is 6.61 Å². The zero-order valence-corrected chi connectivity index (χ0v) is 12.8. The summed E-state index contributed by atoms with van der Waals surface area (Å²) < 4.78 is 5.47. The Labute approximate surface area is 124 Å². The topological polar surface area (TPSA) is 41.5 Å². The van der Waals surface area contributed by atoms with E-state index >= 15 is 0 Å². The van der Waals surface area contributed by atoms with Gasteiger partial charge in [0.1, 0.15) is 18.5 Å². The van der Waals surface area contributed by atoms with Crippen molar-refractivity contribution >= 4 is 23.2 Å². The first-order valence-electron chi connectivity index (χ1n) is 6.56.